The molecule has 100 valence electrons. The van der Waals surface area contributed by atoms with Crippen molar-refractivity contribution in [2.24, 2.45) is 0 Å². The van der Waals surface area contributed by atoms with E-state index in [4.69, 9.17) is 4.74 Å². The number of esters is 1. The zero-order valence-corrected chi connectivity index (χ0v) is 12.2. The molecule has 0 amide bonds. The van der Waals surface area contributed by atoms with Crippen LogP contribution in [0.4, 0.5) is 0 Å². The van der Waals surface area contributed by atoms with Crippen molar-refractivity contribution in [3.05, 3.63) is 28.7 Å². The summed E-state index contributed by atoms with van der Waals surface area (Å²) in [6.07, 6.45) is -0.151. The van der Waals surface area contributed by atoms with E-state index in [1.807, 2.05) is 24.3 Å². The van der Waals surface area contributed by atoms with E-state index in [1.54, 1.807) is 13.8 Å². The first-order valence-electron chi connectivity index (χ1n) is 5.78. The molecule has 6 nitrogen and oxygen atoms in total. The predicted molar refractivity (Wildman–Crippen MR) is 72.2 cm³/mol. The highest BCUT2D eigenvalue weighted by Gasteiger charge is 2.11. The Balaban J connectivity index is 2.07. The number of hydrogen-bond acceptors (Lipinski definition) is 5. The van der Waals surface area contributed by atoms with Crippen molar-refractivity contribution in [1.82, 2.24) is 20.2 Å². The topological polar surface area (TPSA) is 69.9 Å². The molecule has 0 fully saturated rings. The number of aromatic nitrogens is 4. The Bertz CT molecular complexity index is 565. The van der Waals surface area contributed by atoms with Crippen LogP contribution in [0.5, 0.6) is 0 Å². The van der Waals surface area contributed by atoms with E-state index in [-0.39, 0.29) is 18.6 Å². The SMILES string of the molecule is CC(C)OC(=O)Cn1nnc(-c2ccc(Br)cc2)n1. The fraction of sp³-hybridized carbons (Fsp3) is 0.333. The first-order valence-corrected chi connectivity index (χ1v) is 6.57. The van der Waals surface area contributed by atoms with Crippen molar-refractivity contribution in [1.29, 1.82) is 0 Å². The number of hydrogen-bond donors (Lipinski definition) is 0. The molecule has 1 heterocycles. The number of rotatable bonds is 4. The Morgan fingerprint density at radius 2 is 2.05 bits per heavy atom. The van der Waals surface area contributed by atoms with Gasteiger partial charge in [-0.2, -0.15) is 4.80 Å². The van der Waals surface area contributed by atoms with Crippen LogP contribution in [-0.4, -0.2) is 32.3 Å². The molecule has 0 radical (unpaired) electrons. The number of ether oxygens (including phenoxy) is 1. The van der Waals surface area contributed by atoms with E-state index in [1.165, 1.54) is 4.80 Å². The quantitative estimate of drug-likeness (QED) is 0.805. The van der Waals surface area contributed by atoms with Crippen LogP contribution in [0.1, 0.15) is 13.8 Å². The van der Waals surface area contributed by atoms with E-state index in [0.29, 0.717) is 5.82 Å². The van der Waals surface area contributed by atoms with Gasteiger partial charge in [-0.05, 0) is 43.3 Å². The Morgan fingerprint density at radius 3 is 2.68 bits per heavy atom. The van der Waals surface area contributed by atoms with Gasteiger partial charge in [0.2, 0.25) is 5.82 Å². The van der Waals surface area contributed by atoms with Crippen LogP contribution in [0.25, 0.3) is 11.4 Å². The molecular weight excluding hydrogens is 312 g/mol. The molecule has 0 N–H and O–H groups in total. The van der Waals surface area contributed by atoms with Crippen LogP contribution in [-0.2, 0) is 16.1 Å². The van der Waals surface area contributed by atoms with Crippen LogP contribution < -0.4 is 0 Å². The lowest BCUT2D eigenvalue weighted by atomic mass is 10.2. The smallest absolute Gasteiger partial charge is 0.329 e. The van der Waals surface area contributed by atoms with Crippen molar-refractivity contribution < 1.29 is 9.53 Å². The van der Waals surface area contributed by atoms with Crippen LogP contribution in [0, 0.1) is 0 Å². The zero-order chi connectivity index (χ0) is 13.8. The van der Waals surface area contributed by atoms with Gasteiger partial charge >= 0.3 is 5.97 Å². The largest absolute Gasteiger partial charge is 0.462 e. The third kappa shape index (κ3) is 3.85. The van der Waals surface area contributed by atoms with Gasteiger partial charge in [-0.25, -0.2) is 4.79 Å². The highest BCUT2D eigenvalue weighted by Crippen LogP contribution is 2.17. The van der Waals surface area contributed by atoms with Gasteiger partial charge in [-0.3, -0.25) is 0 Å². The molecule has 2 aromatic rings. The molecule has 0 spiro atoms. The van der Waals surface area contributed by atoms with E-state index < -0.39 is 0 Å². The van der Waals surface area contributed by atoms with Crippen molar-refractivity contribution in [2.45, 2.75) is 26.5 Å². The lowest BCUT2D eigenvalue weighted by Crippen LogP contribution is -2.19. The average Bonchev–Trinajstić information content (AvgIpc) is 2.77. The maximum absolute atomic E-state index is 11.5. The zero-order valence-electron chi connectivity index (χ0n) is 10.6. The fourth-order valence-electron chi connectivity index (χ4n) is 1.44. The molecule has 2 rings (SSSR count). The second-order valence-electron chi connectivity index (χ2n) is 4.19. The van der Waals surface area contributed by atoms with Gasteiger partial charge in [0.1, 0.15) is 0 Å². The van der Waals surface area contributed by atoms with Gasteiger partial charge in [0.25, 0.3) is 0 Å². The Labute approximate surface area is 118 Å². The highest BCUT2D eigenvalue weighted by atomic mass is 79.9. The number of nitrogens with zero attached hydrogens (tertiary/aromatic N) is 4. The molecule has 0 saturated carbocycles. The van der Waals surface area contributed by atoms with E-state index >= 15 is 0 Å². The molecule has 0 saturated heterocycles. The summed E-state index contributed by atoms with van der Waals surface area (Å²) in [4.78, 5) is 12.7. The number of carbonyl (C=O) groups is 1. The van der Waals surface area contributed by atoms with Crippen LogP contribution in [0.2, 0.25) is 0 Å². The molecule has 0 bridgehead atoms. The number of halogens is 1. The maximum Gasteiger partial charge on any atom is 0.329 e. The van der Waals surface area contributed by atoms with Gasteiger partial charge in [0.05, 0.1) is 6.10 Å². The van der Waals surface area contributed by atoms with E-state index in [0.717, 1.165) is 10.0 Å². The summed E-state index contributed by atoms with van der Waals surface area (Å²) >= 11 is 3.36. The van der Waals surface area contributed by atoms with Crippen molar-refractivity contribution in [2.75, 3.05) is 0 Å². The third-order valence-corrected chi connectivity index (χ3v) is 2.72. The summed E-state index contributed by atoms with van der Waals surface area (Å²) < 4.78 is 5.99. The second kappa shape index (κ2) is 5.92. The molecule has 19 heavy (non-hydrogen) atoms. The van der Waals surface area contributed by atoms with E-state index in [2.05, 4.69) is 31.3 Å². The minimum Gasteiger partial charge on any atom is -0.462 e. The minimum atomic E-state index is -0.380. The fourth-order valence-corrected chi connectivity index (χ4v) is 1.70. The third-order valence-electron chi connectivity index (χ3n) is 2.19. The molecular formula is C12H13BrN4O2. The van der Waals surface area contributed by atoms with Gasteiger partial charge < -0.3 is 4.74 Å². The molecule has 0 aliphatic carbocycles. The average molecular weight is 325 g/mol. The van der Waals surface area contributed by atoms with E-state index in [9.17, 15) is 4.79 Å². The van der Waals surface area contributed by atoms with Crippen LogP contribution in [0.15, 0.2) is 28.7 Å². The van der Waals surface area contributed by atoms with Gasteiger partial charge in [-0.1, -0.05) is 15.9 Å². The van der Waals surface area contributed by atoms with Gasteiger partial charge in [0.15, 0.2) is 6.54 Å². The van der Waals surface area contributed by atoms with Gasteiger partial charge in [0, 0.05) is 10.0 Å². The normalized spacial score (nSPS) is 10.7. The molecule has 1 aromatic carbocycles. The summed E-state index contributed by atoms with van der Waals surface area (Å²) in [5.74, 6) is 0.0969. The Kier molecular flexibility index (Phi) is 4.26. The first-order chi connectivity index (χ1) is 9.04. The lowest BCUT2D eigenvalue weighted by molar-refractivity contribution is -0.148. The number of benzene rings is 1. The van der Waals surface area contributed by atoms with Gasteiger partial charge in [-0.15, -0.1) is 10.2 Å². The standard InChI is InChI=1S/C12H13BrN4O2/c1-8(2)19-11(18)7-17-15-12(14-16-17)9-3-5-10(13)6-4-9/h3-6,8H,7H2,1-2H3. The maximum atomic E-state index is 11.5. The lowest BCUT2D eigenvalue weighted by Gasteiger charge is -2.06. The van der Waals surface area contributed by atoms with Crippen LogP contribution >= 0.6 is 15.9 Å². The molecule has 0 aliphatic heterocycles. The summed E-state index contributed by atoms with van der Waals surface area (Å²) in [5.41, 5.74) is 0.840. The summed E-state index contributed by atoms with van der Waals surface area (Å²) in [5, 5.41) is 11.9. The monoisotopic (exact) mass is 324 g/mol. The molecule has 0 aliphatic rings. The van der Waals surface area contributed by atoms with Crippen molar-refractivity contribution in [3.63, 3.8) is 0 Å². The van der Waals surface area contributed by atoms with Crippen LogP contribution in [0.3, 0.4) is 0 Å². The van der Waals surface area contributed by atoms with Crippen molar-refractivity contribution >= 4 is 21.9 Å². The highest BCUT2D eigenvalue weighted by molar-refractivity contribution is 9.10. The number of tetrazole rings is 1. The summed E-state index contributed by atoms with van der Waals surface area (Å²) in [6, 6.07) is 7.53. The molecule has 0 unspecified atom stereocenters. The summed E-state index contributed by atoms with van der Waals surface area (Å²) in [6.45, 7) is 3.54. The Morgan fingerprint density at radius 1 is 1.37 bits per heavy atom. The molecule has 0 atom stereocenters. The van der Waals surface area contributed by atoms with Crippen molar-refractivity contribution in [3.8, 4) is 11.4 Å². The first kappa shape index (κ1) is 13.7. The molecule has 1 aromatic heterocycles. The summed E-state index contributed by atoms with van der Waals surface area (Å²) in [7, 11) is 0. The number of carbonyl (C=O) groups excluding carboxylic acids is 1. The minimum absolute atomic E-state index is 0.0400. The second-order valence-corrected chi connectivity index (χ2v) is 5.10. The molecule has 7 heteroatoms. The Hall–Kier alpha value is -1.76. The predicted octanol–water partition coefficient (Wildman–Crippen LogP) is 2.05.